The first-order valence-electron chi connectivity index (χ1n) is 7.99. The summed E-state index contributed by atoms with van der Waals surface area (Å²) in [6.07, 6.45) is 7.90. The molecule has 22 heavy (non-hydrogen) atoms. The molecule has 0 saturated heterocycles. The Bertz CT molecular complexity index is 594. The number of esters is 1. The molecule has 0 amide bonds. The predicted octanol–water partition coefficient (Wildman–Crippen LogP) is 3.76. The molecule has 2 atom stereocenters. The maximum absolute atomic E-state index is 12.6. The summed E-state index contributed by atoms with van der Waals surface area (Å²) < 4.78 is 5.36. The average Bonchev–Trinajstić information content (AvgIpc) is 2.53. The molecule has 0 aliphatic heterocycles. The van der Waals surface area contributed by atoms with Crippen LogP contribution in [0.5, 0.6) is 0 Å². The van der Waals surface area contributed by atoms with Gasteiger partial charge in [0, 0.05) is 5.92 Å². The molecule has 1 aromatic carbocycles. The highest BCUT2D eigenvalue weighted by atomic mass is 16.5. The fraction of sp³-hybridized carbons (Fsp3) is 0.444. The van der Waals surface area contributed by atoms with Crippen LogP contribution in [0.3, 0.4) is 0 Å². The third kappa shape index (κ3) is 2.65. The number of anilines is 1. The summed E-state index contributed by atoms with van der Waals surface area (Å²) in [7, 11) is 0. The molecule has 0 unspecified atom stereocenters. The van der Waals surface area contributed by atoms with Crippen LogP contribution in [-0.2, 0) is 9.53 Å². The fourth-order valence-corrected chi connectivity index (χ4v) is 3.46. The Morgan fingerprint density at radius 1 is 1.41 bits per heavy atom. The summed E-state index contributed by atoms with van der Waals surface area (Å²) in [6.45, 7) is 2.26. The Hall–Kier alpha value is -2.10. The number of allylic oxidation sites excluding steroid dienone is 2. The summed E-state index contributed by atoms with van der Waals surface area (Å²) >= 11 is 0. The van der Waals surface area contributed by atoms with Gasteiger partial charge >= 0.3 is 5.97 Å². The van der Waals surface area contributed by atoms with Crippen molar-refractivity contribution in [2.75, 3.05) is 12.0 Å². The van der Waals surface area contributed by atoms with Crippen molar-refractivity contribution < 1.29 is 9.53 Å². The van der Waals surface area contributed by atoms with E-state index in [2.05, 4.69) is 22.7 Å². The van der Waals surface area contributed by atoms with Gasteiger partial charge in [-0.05, 0) is 38.3 Å². The smallest absolute Gasteiger partial charge is 0.318 e. The van der Waals surface area contributed by atoms with Crippen molar-refractivity contribution in [1.29, 1.82) is 0 Å². The zero-order valence-electron chi connectivity index (χ0n) is 12.9. The van der Waals surface area contributed by atoms with Crippen molar-refractivity contribution in [3.63, 3.8) is 0 Å². The number of hydrogen-bond acceptors (Lipinski definition) is 4. The maximum atomic E-state index is 12.6. The molecular weight excluding hydrogens is 276 g/mol. The Morgan fingerprint density at radius 2 is 2.23 bits per heavy atom. The normalized spacial score (nSPS) is 28.4. The summed E-state index contributed by atoms with van der Waals surface area (Å²) in [5.41, 5.74) is 4.40. The van der Waals surface area contributed by atoms with Gasteiger partial charge in [-0.1, -0.05) is 36.8 Å². The van der Waals surface area contributed by atoms with Crippen LogP contribution < -0.4 is 5.43 Å². The zero-order valence-corrected chi connectivity index (χ0v) is 12.9. The van der Waals surface area contributed by atoms with Gasteiger partial charge in [-0.2, -0.15) is 5.10 Å². The van der Waals surface area contributed by atoms with Gasteiger partial charge in [0.2, 0.25) is 0 Å². The van der Waals surface area contributed by atoms with E-state index in [1.54, 1.807) is 0 Å². The summed E-state index contributed by atoms with van der Waals surface area (Å²) in [6, 6.07) is 9.83. The SMILES string of the molecule is CCOC(=O)[C@]12CC=C[C@@H](CCC1)/C2=N\Nc1ccccc1. The van der Waals surface area contributed by atoms with Crippen molar-refractivity contribution in [2.24, 2.45) is 16.4 Å². The second kappa shape index (κ2) is 6.34. The minimum Gasteiger partial charge on any atom is -0.465 e. The van der Waals surface area contributed by atoms with E-state index >= 15 is 0 Å². The van der Waals surface area contributed by atoms with E-state index in [-0.39, 0.29) is 11.9 Å². The van der Waals surface area contributed by atoms with E-state index in [9.17, 15) is 4.79 Å². The zero-order chi connectivity index (χ0) is 15.4. The number of nitrogens with zero attached hydrogens (tertiary/aromatic N) is 1. The molecule has 4 heteroatoms. The van der Waals surface area contributed by atoms with Gasteiger partial charge < -0.3 is 4.74 Å². The number of nitrogens with one attached hydrogen (secondary N) is 1. The minimum absolute atomic E-state index is 0.127. The standard InChI is InChI=1S/C18H22N2O2/c1-2-22-17(21)18-12-6-8-14(9-7-13-18)16(18)20-19-15-10-4-3-5-11-15/h3-6,8,10-11,14,19H,2,7,9,12-13H2,1H3/b20-16+/t14-,18+/m0/s1. The monoisotopic (exact) mass is 298 g/mol. The molecule has 0 spiro atoms. The van der Waals surface area contributed by atoms with Crippen LogP contribution in [0.1, 0.15) is 32.6 Å². The van der Waals surface area contributed by atoms with Gasteiger partial charge in [0.25, 0.3) is 0 Å². The maximum Gasteiger partial charge on any atom is 0.318 e. The largest absolute Gasteiger partial charge is 0.465 e. The number of hydrazone groups is 1. The summed E-state index contributed by atoms with van der Waals surface area (Å²) in [5, 5.41) is 4.63. The molecule has 4 nitrogen and oxygen atoms in total. The highest BCUT2D eigenvalue weighted by Crippen LogP contribution is 2.45. The van der Waals surface area contributed by atoms with Gasteiger partial charge in [0.05, 0.1) is 18.0 Å². The number of para-hydroxylation sites is 1. The quantitative estimate of drug-likeness (QED) is 0.523. The minimum atomic E-state index is -0.574. The second-order valence-corrected chi connectivity index (χ2v) is 5.91. The molecule has 1 saturated carbocycles. The molecule has 2 aliphatic carbocycles. The summed E-state index contributed by atoms with van der Waals surface area (Å²) in [4.78, 5) is 12.6. The molecule has 3 rings (SSSR count). The highest BCUT2D eigenvalue weighted by molar-refractivity contribution is 6.10. The van der Waals surface area contributed by atoms with E-state index in [1.807, 2.05) is 37.3 Å². The first-order valence-corrected chi connectivity index (χ1v) is 7.99. The van der Waals surface area contributed by atoms with Crippen molar-refractivity contribution >= 4 is 17.4 Å². The van der Waals surface area contributed by atoms with Crippen molar-refractivity contribution in [3.05, 3.63) is 42.5 Å². The molecule has 2 bridgehead atoms. The lowest BCUT2D eigenvalue weighted by Gasteiger charge is -2.41. The topological polar surface area (TPSA) is 50.7 Å². The van der Waals surface area contributed by atoms with Crippen LogP contribution in [-0.4, -0.2) is 18.3 Å². The number of ether oxygens (including phenoxy) is 1. The van der Waals surface area contributed by atoms with Crippen LogP contribution in [0.4, 0.5) is 5.69 Å². The molecule has 1 aromatic rings. The number of hydrogen-bond donors (Lipinski definition) is 1. The van der Waals surface area contributed by atoms with Crippen LogP contribution >= 0.6 is 0 Å². The van der Waals surface area contributed by atoms with Crippen LogP contribution in [0, 0.1) is 11.3 Å². The number of rotatable bonds is 4. The third-order valence-electron chi connectivity index (χ3n) is 4.54. The molecule has 1 N–H and O–H groups in total. The number of fused-ring (bicyclic) bond motifs is 2. The molecule has 0 radical (unpaired) electrons. The lowest BCUT2D eigenvalue weighted by Crippen LogP contribution is -2.48. The molecule has 116 valence electrons. The van der Waals surface area contributed by atoms with Crippen molar-refractivity contribution in [3.8, 4) is 0 Å². The first kappa shape index (κ1) is 14.8. The molecule has 0 heterocycles. The van der Waals surface area contributed by atoms with Gasteiger partial charge in [-0.25, -0.2) is 0 Å². The Labute approximate surface area is 131 Å². The average molecular weight is 298 g/mol. The number of benzene rings is 1. The fourth-order valence-electron chi connectivity index (χ4n) is 3.46. The van der Waals surface area contributed by atoms with E-state index in [1.165, 1.54) is 0 Å². The van der Waals surface area contributed by atoms with Gasteiger partial charge in [-0.15, -0.1) is 0 Å². The molecule has 0 aromatic heterocycles. The number of carbonyl (C=O) groups excluding carboxylic acids is 1. The summed E-state index contributed by atoms with van der Waals surface area (Å²) in [5.74, 6) is 0.112. The molecular formula is C18H22N2O2. The number of carbonyl (C=O) groups is 1. The predicted molar refractivity (Wildman–Crippen MR) is 87.7 cm³/mol. The Kier molecular flexibility index (Phi) is 4.27. The Balaban J connectivity index is 1.91. The van der Waals surface area contributed by atoms with E-state index in [0.717, 1.165) is 30.7 Å². The lowest BCUT2D eigenvalue weighted by molar-refractivity contribution is -0.152. The third-order valence-corrected chi connectivity index (χ3v) is 4.54. The first-order chi connectivity index (χ1) is 10.8. The van der Waals surface area contributed by atoms with E-state index < -0.39 is 5.41 Å². The van der Waals surface area contributed by atoms with Crippen LogP contribution in [0.25, 0.3) is 0 Å². The van der Waals surface area contributed by atoms with Crippen LogP contribution in [0.2, 0.25) is 0 Å². The Morgan fingerprint density at radius 3 is 3.00 bits per heavy atom. The van der Waals surface area contributed by atoms with Gasteiger partial charge in [0.15, 0.2) is 0 Å². The van der Waals surface area contributed by atoms with Crippen LogP contribution in [0.15, 0.2) is 47.6 Å². The van der Waals surface area contributed by atoms with Gasteiger partial charge in [-0.3, -0.25) is 10.2 Å². The van der Waals surface area contributed by atoms with E-state index in [0.29, 0.717) is 13.0 Å². The molecule has 1 fully saturated rings. The highest BCUT2D eigenvalue weighted by Gasteiger charge is 2.50. The second-order valence-electron chi connectivity index (χ2n) is 5.91. The van der Waals surface area contributed by atoms with Gasteiger partial charge in [0.1, 0.15) is 5.41 Å². The van der Waals surface area contributed by atoms with Crippen molar-refractivity contribution in [2.45, 2.75) is 32.6 Å². The molecule has 2 aliphatic rings. The van der Waals surface area contributed by atoms with Crippen molar-refractivity contribution in [1.82, 2.24) is 0 Å². The lowest BCUT2D eigenvalue weighted by atomic mass is 9.63. The van der Waals surface area contributed by atoms with E-state index in [4.69, 9.17) is 4.74 Å².